The molecular formula is C13H16N6. The van der Waals surface area contributed by atoms with Gasteiger partial charge in [-0.3, -0.25) is 0 Å². The van der Waals surface area contributed by atoms with E-state index in [2.05, 4.69) is 30.6 Å². The van der Waals surface area contributed by atoms with Gasteiger partial charge >= 0.3 is 0 Å². The van der Waals surface area contributed by atoms with Gasteiger partial charge in [-0.2, -0.15) is 0 Å². The van der Waals surface area contributed by atoms with Gasteiger partial charge in [0.15, 0.2) is 0 Å². The molecule has 0 radical (unpaired) electrons. The average molecular weight is 256 g/mol. The molecule has 0 amide bonds. The summed E-state index contributed by atoms with van der Waals surface area (Å²) in [5.41, 5.74) is 1.88. The maximum absolute atomic E-state index is 4.57. The van der Waals surface area contributed by atoms with Crippen molar-refractivity contribution in [3.8, 4) is 0 Å². The van der Waals surface area contributed by atoms with E-state index < -0.39 is 0 Å². The van der Waals surface area contributed by atoms with Crippen LogP contribution in [0, 0.1) is 0 Å². The fraction of sp³-hybridized carbons (Fsp3) is 0.385. The lowest BCUT2D eigenvalue weighted by Crippen LogP contribution is -2.28. The van der Waals surface area contributed by atoms with E-state index in [1.54, 1.807) is 18.6 Å². The van der Waals surface area contributed by atoms with Crippen LogP contribution in [0.5, 0.6) is 0 Å². The zero-order valence-corrected chi connectivity index (χ0v) is 10.6. The quantitative estimate of drug-likeness (QED) is 0.866. The highest BCUT2D eigenvalue weighted by atomic mass is 15.1. The van der Waals surface area contributed by atoms with Crippen LogP contribution >= 0.6 is 0 Å². The summed E-state index contributed by atoms with van der Waals surface area (Å²) in [4.78, 5) is 16.7. The Morgan fingerprint density at radius 2 is 2.16 bits per heavy atom. The average Bonchev–Trinajstić information content (AvgIpc) is 2.49. The number of hydrogen-bond acceptors (Lipinski definition) is 6. The van der Waals surface area contributed by atoms with Gasteiger partial charge in [-0.15, -0.1) is 0 Å². The van der Waals surface area contributed by atoms with E-state index in [4.69, 9.17) is 0 Å². The Labute approximate surface area is 111 Å². The molecule has 2 N–H and O–H groups in total. The monoisotopic (exact) mass is 256 g/mol. The van der Waals surface area contributed by atoms with Gasteiger partial charge in [0.25, 0.3) is 0 Å². The molecule has 1 fully saturated rings. The number of nitrogens with one attached hydrogen (secondary N) is 2. The highest BCUT2D eigenvalue weighted by Crippen LogP contribution is 2.22. The summed E-state index contributed by atoms with van der Waals surface area (Å²) in [6, 6.07) is 1.99. The summed E-state index contributed by atoms with van der Waals surface area (Å²) in [6.07, 6.45) is 9.07. The van der Waals surface area contributed by atoms with E-state index in [9.17, 15) is 0 Å². The van der Waals surface area contributed by atoms with Gasteiger partial charge in [0.05, 0.1) is 23.8 Å². The second kappa shape index (κ2) is 5.71. The van der Waals surface area contributed by atoms with Crippen molar-refractivity contribution in [1.82, 2.24) is 25.3 Å². The van der Waals surface area contributed by atoms with Gasteiger partial charge in [-0.25, -0.2) is 19.9 Å². The van der Waals surface area contributed by atoms with Crippen molar-refractivity contribution in [3.63, 3.8) is 0 Å². The molecule has 3 heterocycles. The molecule has 0 spiro atoms. The normalized spacial score (nSPS) is 19.1. The first kappa shape index (κ1) is 12.0. The lowest BCUT2D eigenvalue weighted by molar-refractivity contribution is 0.454. The summed E-state index contributed by atoms with van der Waals surface area (Å²) in [6.45, 7) is 2.10. The van der Waals surface area contributed by atoms with E-state index >= 15 is 0 Å². The molecule has 2 aromatic heterocycles. The Morgan fingerprint density at radius 3 is 2.95 bits per heavy atom. The van der Waals surface area contributed by atoms with Crippen molar-refractivity contribution in [2.45, 2.75) is 18.8 Å². The smallest absolute Gasteiger partial charge is 0.227 e. The van der Waals surface area contributed by atoms with E-state index in [-0.39, 0.29) is 0 Å². The van der Waals surface area contributed by atoms with Crippen LogP contribution in [0.2, 0.25) is 0 Å². The second-order valence-electron chi connectivity index (χ2n) is 4.60. The first-order chi connectivity index (χ1) is 9.42. The molecule has 0 unspecified atom stereocenters. The fourth-order valence-electron chi connectivity index (χ4n) is 2.26. The molecule has 0 bridgehead atoms. The summed E-state index contributed by atoms with van der Waals surface area (Å²) in [7, 11) is 0. The maximum atomic E-state index is 4.57. The summed E-state index contributed by atoms with van der Waals surface area (Å²) in [5.74, 6) is 1.07. The molecule has 6 nitrogen and oxygen atoms in total. The molecule has 1 aliphatic rings. The number of anilines is 2. The summed E-state index contributed by atoms with van der Waals surface area (Å²) in [5, 5.41) is 6.52. The van der Waals surface area contributed by atoms with E-state index in [1.807, 2.05) is 6.07 Å². The Bertz CT molecular complexity index is 524. The van der Waals surface area contributed by atoms with Gasteiger partial charge < -0.3 is 10.6 Å². The molecule has 1 atom stereocenters. The third-order valence-corrected chi connectivity index (χ3v) is 3.21. The Hall–Kier alpha value is -2.08. The van der Waals surface area contributed by atoms with Gasteiger partial charge in [-0.1, -0.05) is 0 Å². The minimum atomic E-state index is 0.476. The molecule has 0 aromatic carbocycles. The van der Waals surface area contributed by atoms with Crippen molar-refractivity contribution >= 4 is 11.6 Å². The number of nitrogens with zero attached hydrogens (tertiary/aromatic N) is 4. The fourth-order valence-corrected chi connectivity index (χ4v) is 2.26. The first-order valence-electron chi connectivity index (χ1n) is 6.47. The van der Waals surface area contributed by atoms with Crippen molar-refractivity contribution < 1.29 is 0 Å². The van der Waals surface area contributed by atoms with Gasteiger partial charge in [0.2, 0.25) is 5.95 Å². The Morgan fingerprint density at radius 1 is 1.26 bits per heavy atom. The van der Waals surface area contributed by atoms with E-state index in [0.29, 0.717) is 11.9 Å². The Kier molecular flexibility index (Phi) is 3.60. The highest BCUT2D eigenvalue weighted by molar-refractivity contribution is 5.49. The lowest BCUT2D eigenvalue weighted by Gasteiger charge is -2.22. The predicted octanol–water partition coefficient (Wildman–Crippen LogP) is 1.48. The highest BCUT2D eigenvalue weighted by Gasteiger charge is 2.16. The number of piperidine rings is 1. The third kappa shape index (κ3) is 3.03. The van der Waals surface area contributed by atoms with E-state index in [1.165, 1.54) is 19.2 Å². The topological polar surface area (TPSA) is 75.6 Å². The minimum absolute atomic E-state index is 0.476. The van der Waals surface area contributed by atoms with Crippen molar-refractivity contribution in [2.24, 2.45) is 0 Å². The largest absolute Gasteiger partial charge is 0.322 e. The van der Waals surface area contributed by atoms with Gasteiger partial charge in [-0.05, 0) is 25.5 Å². The van der Waals surface area contributed by atoms with Gasteiger partial charge in [0, 0.05) is 18.7 Å². The molecule has 6 heteroatoms. The van der Waals surface area contributed by atoms with Crippen molar-refractivity contribution in [3.05, 3.63) is 36.7 Å². The molecule has 0 saturated carbocycles. The molecule has 1 saturated heterocycles. The molecule has 0 aliphatic carbocycles. The maximum Gasteiger partial charge on any atom is 0.227 e. The van der Waals surface area contributed by atoms with E-state index in [0.717, 1.165) is 24.5 Å². The Balaban J connectivity index is 1.76. The van der Waals surface area contributed by atoms with Crippen LogP contribution in [0.4, 0.5) is 11.6 Å². The molecule has 1 aliphatic heterocycles. The first-order valence-corrected chi connectivity index (χ1v) is 6.47. The van der Waals surface area contributed by atoms with Crippen LogP contribution < -0.4 is 10.6 Å². The molecule has 2 aromatic rings. The SMILES string of the molecule is c1ncc(Nc2nccc([C@H]3CCCNC3)n2)cn1. The number of hydrogen-bond donors (Lipinski definition) is 2. The summed E-state index contributed by atoms with van der Waals surface area (Å²) < 4.78 is 0. The summed E-state index contributed by atoms with van der Waals surface area (Å²) >= 11 is 0. The van der Waals surface area contributed by atoms with Crippen molar-refractivity contribution in [2.75, 3.05) is 18.4 Å². The standard InChI is InChI=1S/C13H16N6/c1-2-10(6-14-4-1)12-3-5-17-13(19-12)18-11-7-15-9-16-8-11/h3,5,7-10,14H,1-2,4,6H2,(H,17,18,19)/t10-/m0/s1. The zero-order chi connectivity index (χ0) is 12.9. The third-order valence-electron chi connectivity index (χ3n) is 3.21. The number of aromatic nitrogens is 4. The lowest BCUT2D eigenvalue weighted by atomic mass is 9.96. The zero-order valence-electron chi connectivity index (χ0n) is 10.6. The van der Waals surface area contributed by atoms with Crippen LogP contribution in [-0.4, -0.2) is 33.0 Å². The van der Waals surface area contributed by atoms with Crippen LogP contribution in [0.3, 0.4) is 0 Å². The predicted molar refractivity (Wildman–Crippen MR) is 72.2 cm³/mol. The second-order valence-corrected chi connectivity index (χ2v) is 4.60. The minimum Gasteiger partial charge on any atom is -0.322 e. The van der Waals surface area contributed by atoms with Gasteiger partial charge in [0.1, 0.15) is 6.33 Å². The molecule has 98 valence electrons. The molecular weight excluding hydrogens is 240 g/mol. The number of rotatable bonds is 3. The van der Waals surface area contributed by atoms with Crippen molar-refractivity contribution in [1.29, 1.82) is 0 Å². The van der Waals surface area contributed by atoms with Crippen LogP contribution in [-0.2, 0) is 0 Å². The van der Waals surface area contributed by atoms with Crippen LogP contribution in [0.15, 0.2) is 31.0 Å². The van der Waals surface area contributed by atoms with Crippen LogP contribution in [0.1, 0.15) is 24.5 Å². The molecule has 3 rings (SSSR count). The van der Waals surface area contributed by atoms with Crippen LogP contribution in [0.25, 0.3) is 0 Å². The molecule has 19 heavy (non-hydrogen) atoms.